The topological polar surface area (TPSA) is 55.4 Å². The molecule has 4 heteroatoms. The van der Waals surface area contributed by atoms with Gasteiger partial charge in [0.1, 0.15) is 0 Å². The molecule has 0 fully saturated rings. The highest BCUT2D eigenvalue weighted by Crippen LogP contribution is 2.20. The van der Waals surface area contributed by atoms with Gasteiger partial charge in [0.15, 0.2) is 0 Å². The number of benzene rings is 2. The quantitative estimate of drug-likeness (QED) is 0.881. The molecule has 22 heavy (non-hydrogen) atoms. The van der Waals surface area contributed by atoms with Crippen LogP contribution >= 0.6 is 0 Å². The first-order valence-electron chi connectivity index (χ1n) is 7.05. The van der Waals surface area contributed by atoms with Crippen molar-refractivity contribution in [3.8, 4) is 0 Å². The number of anilines is 1. The van der Waals surface area contributed by atoms with Crippen LogP contribution in [0.3, 0.4) is 0 Å². The number of rotatable bonds is 4. The number of ether oxygens (including phenoxy) is 1. The van der Waals surface area contributed by atoms with Gasteiger partial charge in [-0.15, -0.1) is 0 Å². The van der Waals surface area contributed by atoms with E-state index in [2.05, 4.69) is 5.32 Å². The average Bonchev–Trinajstić information content (AvgIpc) is 2.51. The van der Waals surface area contributed by atoms with Crippen molar-refractivity contribution in [3.05, 3.63) is 64.7 Å². The van der Waals surface area contributed by atoms with Crippen LogP contribution in [-0.4, -0.2) is 19.0 Å². The largest absolute Gasteiger partial charge is 0.465 e. The summed E-state index contributed by atoms with van der Waals surface area (Å²) in [5.74, 6) is -0.521. The zero-order valence-electron chi connectivity index (χ0n) is 13.0. The summed E-state index contributed by atoms with van der Waals surface area (Å²) in [7, 11) is 1.34. The van der Waals surface area contributed by atoms with E-state index >= 15 is 0 Å². The van der Waals surface area contributed by atoms with Gasteiger partial charge in [-0.05, 0) is 42.7 Å². The lowest BCUT2D eigenvalue weighted by molar-refractivity contribution is -0.115. The number of hydrogen-bond acceptors (Lipinski definition) is 3. The minimum absolute atomic E-state index is 0.112. The van der Waals surface area contributed by atoms with Gasteiger partial charge in [-0.3, -0.25) is 4.79 Å². The molecule has 2 aromatic carbocycles. The summed E-state index contributed by atoms with van der Waals surface area (Å²) >= 11 is 0. The molecule has 0 atom stereocenters. The van der Waals surface area contributed by atoms with Gasteiger partial charge in [0.05, 0.1) is 19.1 Å². The monoisotopic (exact) mass is 297 g/mol. The second kappa shape index (κ2) is 6.89. The summed E-state index contributed by atoms with van der Waals surface area (Å²) in [4.78, 5) is 23.9. The van der Waals surface area contributed by atoms with Crippen molar-refractivity contribution < 1.29 is 14.3 Å². The lowest BCUT2D eigenvalue weighted by atomic mass is 10.0. The maximum Gasteiger partial charge on any atom is 0.338 e. The number of esters is 1. The Hall–Kier alpha value is -2.62. The van der Waals surface area contributed by atoms with Crippen molar-refractivity contribution in [2.75, 3.05) is 12.4 Å². The Kier molecular flexibility index (Phi) is 4.94. The predicted molar refractivity (Wildman–Crippen MR) is 86.0 cm³/mol. The highest BCUT2D eigenvalue weighted by molar-refractivity contribution is 5.97. The van der Waals surface area contributed by atoms with E-state index in [1.165, 1.54) is 7.11 Å². The van der Waals surface area contributed by atoms with Gasteiger partial charge in [0, 0.05) is 5.69 Å². The van der Waals surface area contributed by atoms with Crippen LogP contribution in [0.15, 0.2) is 42.5 Å². The van der Waals surface area contributed by atoms with Crippen LogP contribution in [0.1, 0.15) is 27.0 Å². The van der Waals surface area contributed by atoms with Gasteiger partial charge in [0.2, 0.25) is 5.91 Å². The van der Waals surface area contributed by atoms with E-state index in [1.807, 2.05) is 31.2 Å². The van der Waals surface area contributed by atoms with Crippen LogP contribution in [-0.2, 0) is 16.0 Å². The van der Waals surface area contributed by atoms with E-state index in [1.54, 1.807) is 25.1 Å². The molecule has 0 spiro atoms. The van der Waals surface area contributed by atoms with Gasteiger partial charge >= 0.3 is 5.97 Å². The SMILES string of the molecule is COC(=O)c1cccc(NC(=O)Cc2ccccc2C)c1C. The molecule has 0 unspecified atom stereocenters. The third kappa shape index (κ3) is 3.52. The van der Waals surface area contributed by atoms with Crippen molar-refractivity contribution >= 4 is 17.6 Å². The first kappa shape index (κ1) is 15.8. The van der Waals surface area contributed by atoms with E-state index in [-0.39, 0.29) is 5.91 Å². The maximum atomic E-state index is 12.2. The Labute approximate surface area is 130 Å². The molecule has 0 aliphatic carbocycles. The Balaban J connectivity index is 2.16. The van der Waals surface area contributed by atoms with Gasteiger partial charge in [0.25, 0.3) is 0 Å². The fourth-order valence-corrected chi connectivity index (χ4v) is 2.28. The summed E-state index contributed by atoms with van der Waals surface area (Å²) < 4.78 is 4.74. The molecular weight excluding hydrogens is 278 g/mol. The third-order valence-electron chi connectivity index (χ3n) is 3.63. The van der Waals surface area contributed by atoms with Crippen molar-refractivity contribution in [2.45, 2.75) is 20.3 Å². The molecule has 114 valence electrons. The van der Waals surface area contributed by atoms with Crippen LogP contribution in [0.5, 0.6) is 0 Å². The Morgan fingerprint density at radius 3 is 2.45 bits per heavy atom. The van der Waals surface area contributed by atoms with Crippen LogP contribution in [0, 0.1) is 13.8 Å². The van der Waals surface area contributed by atoms with Crippen LogP contribution in [0.2, 0.25) is 0 Å². The first-order chi connectivity index (χ1) is 10.5. The summed E-state index contributed by atoms with van der Waals surface area (Å²) in [5, 5.41) is 2.86. The van der Waals surface area contributed by atoms with Gasteiger partial charge in [-0.2, -0.15) is 0 Å². The maximum absolute atomic E-state index is 12.2. The molecule has 0 aliphatic heterocycles. The number of nitrogens with one attached hydrogen (secondary N) is 1. The number of carbonyl (C=O) groups is 2. The number of methoxy groups -OCH3 is 1. The molecule has 0 aromatic heterocycles. The van der Waals surface area contributed by atoms with Crippen molar-refractivity contribution in [1.82, 2.24) is 0 Å². The second-order valence-electron chi connectivity index (χ2n) is 5.12. The molecule has 1 N–H and O–H groups in total. The van der Waals surface area contributed by atoms with Crippen LogP contribution < -0.4 is 5.32 Å². The molecule has 0 aliphatic rings. The van der Waals surface area contributed by atoms with Gasteiger partial charge in [-0.25, -0.2) is 4.79 Å². The standard InChI is InChI=1S/C18H19NO3/c1-12-7-4-5-8-14(12)11-17(20)19-16-10-6-9-15(13(16)2)18(21)22-3/h4-10H,11H2,1-3H3,(H,19,20). The zero-order chi connectivity index (χ0) is 16.1. The summed E-state index contributed by atoms with van der Waals surface area (Å²) in [6.45, 7) is 3.77. The van der Waals surface area contributed by atoms with Crippen molar-refractivity contribution in [1.29, 1.82) is 0 Å². The Morgan fingerprint density at radius 1 is 1.05 bits per heavy atom. The average molecular weight is 297 g/mol. The van der Waals surface area contributed by atoms with E-state index in [0.717, 1.165) is 11.1 Å². The molecule has 2 rings (SSSR count). The molecule has 2 aromatic rings. The smallest absolute Gasteiger partial charge is 0.338 e. The first-order valence-corrected chi connectivity index (χ1v) is 7.05. The molecule has 0 heterocycles. The minimum Gasteiger partial charge on any atom is -0.465 e. The lowest BCUT2D eigenvalue weighted by Gasteiger charge is -2.12. The lowest BCUT2D eigenvalue weighted by Crippen LogP contribution is -2.16. The second-order valence-corrected chi connectivity index (χ2v) is 5.12. The van der Waals surface area contributed by atoms with Gasteiger partial charge in [-0.1, -0.05) is 30.3 Å². The number of aryl methyl sites for hydroxylation is 1. The fourth-order valence-electron chi connectivity index (χ4n) is 2.28. The number of carbonyl (C=O) groups excluding carboxylic acids is 2. The summed E-state index contributed by atoms with van der Waals surface area (Å²) in [6.07, 6.45) is 0.300. The summed E-state index contributed by atoms with van der Waals surface area (Å²) in [6, 6.07) is 13.0. The number of hydrogen-bond donors (Lipinski definition) is 1. The van der Waals surface area contributed by atoms with Gasteiger partial charge < -0.3 is 10.1 Å². The third-order valence-corrected chi connectivity index (χ3v) is 3.63. The molecule has 0 saturated carbocycles. The highest BCUT2D eigenvalue weighted by Gasteiger charge is 2.13. The minimum atomic E-state index is -0.410. The van der Waals surface area contributed by atoms with Crippen molar-refractivity contribution in [2.24, 2.45) is 0 Å². The molecular formula is C18H19NO3. The molecule has 0 saturated heterocycles. The van der Waals surface area contributed by atoms with E-state index in [0.29, 0.717) is 23.2 Å². The van der Waals surface area contributed by atoms with E-state index in [4.69, 9.17) is 4.74 Å². The predicted octanol–water partition coefficient (Wildman–Crippen LogP) is 3.27. The van der Waals surface area contributed by atoms with Crippen LogP contribution in [0.25, 0.3) is 0 Å². The number of amides is 1. The zero-order valence-corrected chi connectivity index (χ0v) is 13.0. The van der Waals surface area contributed by atoms with Crippen molar-refractivity contribution in [3.63, 3.8) is 0 Å². The van der Waals surface area contributed by atoms with E-state index < -0.39 is 5.97 Å². The highest BCUT2D eigenvalue weighted by atomic mass is 16.5. The molecule has 0 radical (unpaired) electrons. The normalized spacial score (nSPS) is 10.1. The Bertz CT molecular complexity index is 707. The van der Waals surface area contributed by atoms with Crippen LogP contribution in [0.4, 0.5) is 5.69 Å². The van der Waals surface area contributed by atoms with E-state index in [9.17, 15) is 9.59 Å². The molecule has 4 nitrogen and oxygen atoms in total. The summed E-state index contributed by atoms with van der Waals surface area (Å²) in [5.41, 5.74) is 3.85. The molecule has 1 amide bonds. The molecule has 0 bridgehead atoms. The Morgan fingerprint density at radius 2 is 1.77 bits per heavy atom. The fraction of sp³-hybridized carbons (Fsp3) is 0.222.